The number of rotatable bonds is 56. The Kier molecular flexibility index (Phi) is 45.5. The van der Waals surface area contributed by atoms with Crippen molar-refractivity contribution >= 4 is 135 Å². The van der Waals surface area contributed by atoms with Crippen molar-refractivity contribution in [2.24, 2.45) is 35.0 Å². The average Bonchev–Trinajstić information content (AvgIpc) is 1.64. The van der Waals surface area contributed by atoms with E-state index in [4.69, 9.17) is 17.2 Å². The highest BCUT2D eigenvalue weighted by Crippen LogP contribution is 2.30. The van der Waals surface area contributed by atoms with Crippen LogP contribution in [0.15, 0.2) is 60.8 Å². The van der Waals surface area contributed by atoms with Crippen molar-refractivity contribution in [2.75, 3.05) is 79.2 Å². The van der Waals surface area contributed by atoms with Crippen LogP contribution in [-0.4, -0.2) is 345 Å². The molecule has 5 heterocycles. The largest absolute Gasteiger partial charge is 0.481 e. The molecular weight excluding hydrogens is 1830 g/mol. The molecule has 0 saturated carbocycles. The van der Waals surface area contributed by atoms with E-state index >= 15 is 4.79 Å². The molecule has 20 amide bonds. The molecule has 1 aromatic heterocycles. The van der Waals surface area contributed by atoms with Gasteiger partial charge in [0.2, 0.25) is 118 Å². The lowest BCUT2D eigenvalue weighted by atomic mass is 9.96. The number of nitrogens with two attached hydrogens (primary N) is 3. The van der Waals surface area contributed by atoms with E-state index in [1.807, 2.05) is 13.8 Å². The number of carbonyl (C=O) groups is 21. The number of unbranched alkanes of at least 4 members (excludes halogenated alkanes) is 1. The van der Waals surface area contributed by atoms with E-state index in [0.29, 0.717) is 60.6 Å². The highest BCUT2D eigenvalue weighted by atomic mass is 16.4. The number of aliphatic hydroxyl groups is 3. The fourth-order valence-corrected chi connectivity index (χ4v) is 17.1. The van der Waals surface area contributed by atoms with E-state index in [0.717, 1.165) is 4.90 Å². The van der Waals surface area contributed by atoms with Crippen molar-refractivity contribution in [1.29, 1.82) is 0 Å². The molecule has 0 bridgehead atoms. The summed E-state index contributed by atoms with van der Waals surface area (Å²) in [6, 6.07) is -6.10. The van der Waals surface area contributed by atoms with Crippen molar-refractivity contribution in [3.05, 3.63) is 71.9 Å². The number of aliphatic carboxylic acids is 1. The fraction of sp³-hybridized carbons (Fsp3) is 0.620. The molecule has 3 aromatic rings. The molecule has 17 atom stereocenters. The number of para-hydroxylation sites is 1. The molecule has 0 spiro atoms. The summed E-state index contributed by atoms with van der Waals surface area (Å²) in [5.41, 5.74) is 18.5. The molecule has 26 N–H and O–H groups in total. The molecule has 48 nitrogen and oxygen atoms in total. The van der Waals surface area contributed by atoms with Crippen LogP contribution in [0.2, 0.25) is 0 Å². The third-order valence-corrected chi connectivity index (χ3v) is 24.9. The molecule has 1 unspecified atom stereocenters. The van der Waals surface area contributed by atoms with Crippen LogP contribution in [0.4, 0.5) is 0 Å². The van der Waals surface area contributed by atoms with Crippen molar-refractivity contribution in [3.63, 3.8) is 0 Å². The molecular formula is C92H139N23O25. The van der Waals surface area contributed by atoms with Crippen molar-refractivity contribution in [2.45, 2.75) is 267 Å². The zero-order valence-corrected chi connectivity index (χ0v) is 80.3. The number of carboxylic acid groups (broad SMARTS) is 1. The normalized spacial score (nSPS) is 18.4. The number of aliphatic hydroxyl groups excluding tert-OH is 3. The van der Waals surface area contributed by atoms with E-state index in [9.17, 15) is 116 Å². The van der Waals surface area contributed by atoms with Crippen LogP contribution in [0.25, 0.3) is 10.9 Å². The van der Waals surface area contributed by atoms with Gasteiger partial charge >= 0.3 is 5.97 Å². The Labute approximate surface area is 810 Å². The zero-order chi connectivity index (χ0) is 103. The van der Waals surface area contributed by atoms with Gasteiger partial charge in [-0.15, -0.1) is 0 Å². The maximum Gasteiger partial charge on any atom is 0.303 e. The first-order valence-electron chi connectivity index (χ1n) is 47.5. The molecule has 4 aliphatic heterocycles. The lowest BCUT2D eigenvalue weighted by Crippen LogP contribution is -2.61. The minimum Gasteiger partial charge on any atom is -0.481 e. The second-order valence-corrected chi connectivity index (χ2v) is 36.4. The summed E-state index contributed by atoms with van der Waals surface area (Å²) in [5, 5.41) is 78.3. The van der Waals surface area contributed by atoms with Gasteiger partial charge in [0.15, 0.2) is 0 Å². The summed E-state index contributed by atoms with van der Waals surface area (Å²) >= 11 is 0. The summed E-state index contributed by atoms with van der Waals surface area (Å²) < 4.78 is 0. The SMILES string of the molecule is CCC(C)[C@H](NC(=O)[C@H](Cc1ccccc1)NC(=O)[C@H](CC(C)C)NC)C(=O)N[C@@H](CCC(=O)O)C(=O)N[C@@H](Cc1c[nH]c2ccccc12)C(=O)N[C@@H](CC(C)C)C(=O)N[C@@H](CCCCN)C(=O)N[C@@H](CC(N)=O)C(=O)NCC(=O)NCC(=O)N1CCC[C@H]1C(=O)N[C@@H](CO)C(=O)N[C@@H](CO)C(=O)NCC(=O)N[C@@H](C)C(=O)N1CCC[C@H]1C(=O)N1CCC[C@H]1C(=O)N1CCC[C@H]1C(=O)N[C@@H](CO)C(N)=O. The number of fused-ring (bicyclic) bond motifs is 1. The van der Waals surface area contributed by atoms with Gasteiger partial charge < -0.3 is 142 Å². The molecule has 4 saturated heterocycles. The van der Waals surface area contributed by atoms with E-state index in [-0.39, 0.29) is 109 Å². The number of hydrogen-bond donors (Lipinski definition) is 23. The maximum atomic E-state index is 15.1. The summed E-state index contributed by atoms with van der Waals surface area (Å²) in [6.45, 7) is 7.22. The topological polar surface area (TPSA) is 727 Å². The third-order valence-electron chi connectivity index (χ3n) is 24.9. The first-order chi connectivity index (χ1) is 66.6. The Balaban J connectivity index is 0.927. The third kappa shape index (κ3) is 33.7. The number of amides is 20. The molecule has 772 valence electrons. The van der Waals surface area contributed by atoms with Gasteiger partial charge in [0, 0.05) is 62.5 Å². The number of aromatic nitrogens is 1. The van der Waals surface area contributed by atoms with E-state index in [2.05, 4.69) is 84.7 Å². The second kappa shape index (κ2) is 56.0. The number of nitrogens with one attached hydrogen (secondary N) is 16. The average molecular weight is 1970 g/mol. The molecule has 0 radical (unpaired) electrons. The number of likely N-dealkylation sites (N-methyl/N-ethyl adjacent to an activating group) is 1. The Morgan fingerprint density at radius 1 is 0.443 bits per heavy atom. The van der Waals surface area contributed by atoms with E-state index in [1.165, 1.54) is 21.6 Å². The number of hydrogen-bond acceptors (Lipinski definition) is 26. The van der Waals surface area contributed by atoms with Gasteiger partial charge in [0.1, 0.15) is 90.6 Å². The number of likely N-dealkylation sites (tertiary alicyclic amines) is 4. The molecule has 4 fully saturated rings. The first-order valence-corrected chi connectivity index (χ1v) is 47.5. The number of carbonyl (C=O) groups excluding carboxylic acids is 20. The number of nitrogens with zero attached hydrogens (tertiary/aromatic N) is 4. The Morgan fingerprint density at radius 3 is 1.46 bits per heavy atom. The van der Waals surface area contributed by atoms with Crippen LogP contribution in [-0.2, 0) is 114 Å². The molecule has 2 aromatic carbocycles. The second-order valence-electron chi connectivity index (χ2n) is 36.4. The highest BCUT2D eigenvalue weighted by molar-refractivity contribution is 6.03. The quantitative estimate of drug-likeness (QED) is 0.0234. The van der Waals surface area contributed by atoms with Crippen LogP contribution >= 0.6 is 0 Å². The lowest BCUT2D eigenvalue weighted by Gasteiger charge is -2.34. The van der Waals surface area contributed by atoms with E-state index in [1.54, 1.807) is 95.5 Å². The molecule has 7 rings (SSSR count). The van der Waals surface area contributed by atoms with Crippen LogP contribution in [0.5, 0.6) is 0 Å². The van der Waals surface area contributed by atoms with Gasteiger partial charge in [0.05, 0.1) is 51.9 Å². The lowest BCUT2D eigenvalue weighted by molar-refractivity contribution is -0.151. The highest BCUT2D eigenvalue weighted by Gasteiger charge is 2.48. The Morgan fingerprint density at radius 2 is 0.893 bits per heavy atom. The van der Waals surface area contributed by atoms with Gasteiger partial charge in [-0.1, -0.05) is 96.5 Å². The van der Waals surface area contributed by atoms with Gasteiger partial charge in [-0.2, -0.15) is 0 Å². The van der Waals surface area contributed by atoms with Crippen molar-refractivity contribution in [3.8, 4) is 0 Å². The van der Waals surface area contributed by atoms with Crippen LogP contribution < -0.4 is 97.0 Å². The molecule has 140 heavy (non-hydrogen) atoms. The van der Waals surface area contributed by atoms with E-state index < -0.39 is 285 Å². The minimum absolute atomic E-state index is 0.0138. The Bertz CT molecular complexity index is 4870. The predicted octanol–water partition coefficient (Wildman–Crippen LogP) is -7.32. The van der Waals surface area contributed by atoms with Crippen LogP contribution in [0.3, 0.4) is 0 Å². The van der Waals surface area contributed by atoms with Gasteiger partial charge in [-0.3, -0.25) is 101 Å². The molecule has 4 aliphatic rings. The number of carboxylic acids is 1. The maximum absolute atomic E-state index is 15.1. The summed E-state index contributed by atoms with van der Waals surface area (Å²) in [6.07, 6.45) is 2.50. The predicted molar refractivity (Wildman–Crippen MR) is 502 cm³/mol. The van der Waals surface area contributed by atoms with Crippen molar-refractivity contribution < 1.29 is 121 Å². The summed E-state index contributed by atoms with van der Waals surface area (Å²) in [4.78, 5) is 297. The first kappa shape index (κ1) is 114. The minimum atomic E-state index is -1.82. The monoisotopic (exact) mass is 1970 g/mol. The van der Waals surface area contributed by atoms with Crippen molar-refractivity contribution in [1.82, 2.24) is 104 Å². The number of primary amides is 2. The fourth-order valence-electron chi connectivity index (χ4n) is 17.1. The number of H-pyrrole nitrogens is 1. The van der Waals surface area contributed by atoms with Gasteiger partial charge in [-0.05, 0) is 145 Å². The Hall–Kier alpha value is -13.3. The molecule has 0 aliphatic carbocycles. The van der Waals surface area contributed by atoms with Gasteiger partial charge in [-0.25, -0.2) is 0 Å². The summed E-state index contributed by atoms with van der Waals surface area (Å²) in [5.74, 6) is -20.0. The van der Waals surface area contributed by atoms with Gasteiger partial charge in [0.25, 0.3) is 0 Å². The zero-order valence-electron chi connectivity index (χ0n) is 80.3. The standard InChI is InChI=1S/C92H139N23O25/c1-9-51(6)76(111-85(133)61(39-53-21-11-10-12-22-53)105-82(130)59(96-8)37-49(2)3)89(137)103-58(30-31-75(123)124)81(129)106-62(40-54-42-97-56-24-14-13-23-55(54)56)84(132)104-60(38-50(4)5)83(131)102-57(25-15-16-32-93)80(128)107-63(41-71(94)119)78(126)99-43-72(120)98-45-74(122)112-33-17-26-67(112)87(135)110-66(48-118)86(134)109-65(47-117)79(127)100-44-73(121)101-52(7)90(138)114-35-19-28-69(114)92(140)115-36-20-29-70(115)91(139)113-34-18-27-68(113)88(136)108-64(46-116)77(95)125/h10-14,21-24,42,49-52,57-70,76,96-97,116-118H,9,15-20,25-41,43-48,93H2,1-8H3,(H2,94,119)(H2,95,125)(H,98,120)(H,99,126)(H,100,127)(H,101,121)(H,102,131)(H,103,137)(H,104,132)(H,105,130)(H,106,129)(H,107,128)(H,108,136)(H,109,134)(H,110,135)(H,111,133)(H,123,124)/t51?,52-,57-,58-,59-,60-,61-,62-,63-,64-,65-,66-,67-,68-,69-,70-,76-/m0/s1. The molecule has 48 heteroatoms. The van der Waals surface area contributed by atoms with Crippen LogP contribution in [0.1, 0.15) is 169 Å². The number of aromatic amines is 1. The van der Waals surface area contributed by atoms with Crippen LogP contribution in [0, 0.1) is 17.8 Å². The number of benzene rings is 2. The summed E-state index contributed by atoms with van der Waals surface area (Å²) in [7, 11) is 1.62. The smallest absolute Gasteiger partial charge is 0.303 e.